The molecule has 3 aromatic rings. The number of aryl methyl sites for hydroxylation is 1. The van der Waals surface area contributed by atoms with E-state index in [1.807, 2.05) is 18.3 Å². The van der Waals surface area contributed by atoms with E-state index in [1.165, 1.54) is 6.92 Å². The second-order valence-electron chi connectivity index (χ2n) is 9.57. The molecule has 0 bridgehead atoms. The Labute approximate surface area is 216 Å². The summed E-state index contributed by atoms with van der Waals surface area (Å²) in [6.07, 6.45) is 5.02. The molecular weight excluding hydrogens is 492 g/mol. The van der Waals surface area contributed by atoms with Crippen molar-refractivity contribution in [3.05, 3.63) is 48.3 Å². The van der Waals surface area contributed by atoms with E-state index < -0.39 is 9.84 Å². The fourth-order valence-corrected chi connectivity index (χ4v) is 6.34. The average molecular weight is 523 g/mol. The molecule has 10 nitrogen and oxygen atoms in total. The van der Waals surface area contributed by atoms with Crippen molar-refractivity contribution in [1.29, 1.82) is 0 Å². The number of nitrogens with zero attached hydrogens (tertiary/aromatic N) is 4. The molecule has 0 radical (unpaired) electrons. The maximum absolute atomic E-state index is 12.6. The zero-order chi connectivity index (χ0) is 26.2. The Balaban J connectivity index is 1.48. The lowest BCUT2D eigenvalue weighted by atomic mass is 10.1. The quantitative estimate of drug-likeness (QED) is 0.517. The summed E-state index contributed by atoms with van der Waals surface area (Å²) in [6.45, 7) is 7.11. The van der Waals surface area contributed by atoms with Gasteiger partial charge >= 0.3 is 0 Å². The van der Waals surface area contributed by atoms with Crippen molar-refractivity contribution in [3.63, 3.8) is 0 Å². The second-order valence-corrected chi connectivity index (χ2v) is 11.6. The molecular formula is C26H30N6O4S. The summed E-state index contributed by atoms with van der Waals surface area (Å²) in [5, 5.41) is 6.04. The molecule has 0 spiro atoms. The number of aromatic nitrogens is 3. The van der Waals surface area contributed by atoms with E-state index in [0.29, 0.717) is 41.4 Å². The van der Waals surface area contributed by atoms with Gasteiger partial charge < -0.3 is 20.3 Å². The van der Waals surface area contributed by atoms with Crippen molar-refractivity contribution in [2.45, 2.75) is 50.8 Å². The molecule has 11 heteroatoms. The highest BCUT2D eigenvalue weighted by Gasteiger charge is 2.26. The van der Waals surface area contributed by atoms with Crippen molar-refractivity contribution in [2.24, 2.45) is 0 Å². The number of amides is 1. The van der Waals surface area contributed by atoms with Gasteiger partial charge in [-0.25, -0.2) is 18.4 Å². The second kappa shape index (κ2) is 10.1. The lowest BCUT2D eigenvalue weighted by Crippen LogP contribution is -2.45. The van der Waals surface area contributed by atoms with E-state index >= 15 is 0 Å². The number of hydrogen-bond acceptors (Lipinski definition) is 9. The van der Waals surface area contributed by atoms with Crippen molar-refractivity contribution in [1.82, 2.24) is 15.0 Å². The number of pyridine rings is 3. The van der Waals surface area contributed by atoms with Crippen LogP contribution in [0.5, 0.6) is 0 Å². The molecule has 1 amide bonds. The molecule has 5 heterocycles. The van der Waals surface area contributed by atoms with Crippen LogP contribution in [0.4, 0.5) is 23.0 Å². The highest BCUT2D eigenvalue weighted by molar-refractivity contribution is 7.91. The molecule has 2 aliphatic heterocycles. The van der Waals surface area contributed by atoms with Gasteiger partial charge in [0.1, 0.15) is 11.6 Å². The van der Waals surface area contributed by atoms with Gasteiger partial charge in [-0.05, 0) is 50.5 Å². The van der Waals surface area contributed by atoms with E-state index in [1.54, 1.807) is 24.4 Å². The molecule has 194 valence electrons. The summed E-state index contributed by atoms with van der Waals surface area (Å²) < 4.78 is 31.0. The lowest BCUT2D eigenvalue weighted by molar-refractivity contribution is -0.114. The molecule has 37 heavy (non-hydrogen) atoms. The molecule has 0 aliphatic carbocycles. The zero-order valence-corrected chi connectivity index (χ0v) is 21.9. The van der Waals surface area contributed by atoms with Crippen LogP contribution < -0.4 is 15.5 Å². The molecule has 1 saturated heterocycles. The van der Waals surface area contributed by atoms with E-state index in [2.05, 4.69) is 39.3 Å². The van der Waals surface area contributed by atoms with Gasteiger partial charge in [0.25, 0.3) is 0 Å². The number of hydrogen-bond donors (Lipinski definition) is 2. The number of carbonyl (C=O) groups is 1. The third kappa shape index (κ3) is 5.57. The number of fused-ring (bicyclic) bond motifs is 1. The predicted molar refractivity (Wildman–Crippen MR) is 142 cm³/mol. The van der Waals surface area contributed by atoms with Crippen molar-refractivity contribution >= 4 is 38.8 Å². The summed E-state index contributed by atoms with van der Waals surface area (Å²) in [6, 6.07) is 9.19. The Hall–Kier alpha value is -3.57. The lowest BCUT2D eigenvalue weighted by Gasteiger charge is -2.36. The number of anilines is 4. The van der Waals surface area contributed by atoms with Crippen LogP contribution in [0.2, 0.25) is 0 Å². The molecule has 0 aromatic carbocycles. The summed E-state index contributed by atoms with van der Waals surface area (Å²) in [5.41, 5.74) is 3.69. The average Bonchev–Trinajstić information content (AvgIpc) is 2.84. The minimum absolute atomic E-state index is 0.0978. The van der Waals surface area contributed by atoms with Gasteiger partial charge in [-0.3, -0.25) is 9.78 Å². The van der Waals surface area contributed by atoms with Gasteiger partial charge in [0.05, 0.1) is 41.2 Å². The Bertz CT molecular complexity index is 1420. The van der Waals surface area contributed by atoms with E-state index in [-0.39, 0.29) is 28.9 Å². The summed E-state index contributed by atoms with van der Waals surface area (Å²) >= 11 is 0. The third-order valence-electron chi connectivity index (χ3n) is 6.37. The number of carbonyl (C=O) groups excluding carboxylic acids is 1. The zero-order valence-electron chi connectivity index (χ0n) is 21.1. The van der Waals surface area contributed by atoms with Crippen LogP contribution >= 0.6 is 0 Å². The third-order valence-corrected chi connectivity index (χ3v) is 8.14. The molecule has 3 aromatic heterocycles. The number of rotatable bonds is 5. The first-order valence-electron chi connectivity index (χ1n) is 12.3. The fraction of sp³-hybridized carbons (Fsp3) is 0.385. The van der Waals surface area contributed by atoms with Gasteiger partial charge in [-0.1, -0.05) is 6.07 Å². The summed E-state index contributed by atoms with van der Waals surface area (Å²) in [5.74, 6) is 0.594. The summed E-state index contributed by atoms with van der Waals surface area (Å²) in [7, 11) is -3.41. The monoisotopic (exact) mass is 522 g/mol. The SMILES string of the molecule is CC(=O)Nc1cc(Nc2ccc3c(n2)S(=O)(=O)CCC3)c(-c2ccc(N3CC(C)OC(C)C3)cn2)cn1. The Morgan fingerprint density at radius 1 is 1.05 bits per heavy atom. The maximum Gasteiger partial charge on any atom is 0.222 e. The van der Waals surface area contributed by atoms with Crippen LogP contribution in [-0.2, 0) is 25.8 Å². The highest BCUT2D eigenvalue weighted by Crippen LogP contribution is 2.33. The number of morpholine rings is 1. The van der Waals surface area contributed by atoms with Gasteiger partial charge in [0.15, 0.2) is 14.9 Å². The predicted octanol–water partition coefficient (Wildman–Crippen LogP) is 3.57. The first-order chi connectivity index (χ1) is 17.7. The van der Waals surface area contributed by atoms with Gasteiger partial charge in [0.2, 0.25) is 5.91 Å². The normalized spacial score (nSPS) is 20.7. The topological polar surface area (TPSA) is 126 Å². The molecule has 2 unspecified atom stereocenters. The smallest absolute Gasteiger partial charge is 0.222 e. The van der Waals surface area contributed by atoms with Crippen LogP contribution in [0, 0.1) is 0 Å². The maximum atomic E-state index is 12.6. The Morgan fingerprint density at radius 3 is 2.54 bits per heavy atom. The largest absolute Gasteiger partial charge is 0.372 e. The molecule has 2 atom stereocenters. The van der Waals surface area contributed by atoms with Gasteiger partial charge in [-0.15, -0.1) is 0 Å². The standard InChI is InChI=1S/C26H30N6O4S/c1-16-14-32(15-17(2)36-16)20-7-8-22(27-12-20)21-13-28-25(29-18(3)33)11-23(21)30-24-9-6-19-5-4-10-37(34,35)26(19)31-24/h6-9,11-13,16-17H,4-5,10,14-15H2,1-3H3,(H2,28,29,30,31,33). The number of nitrogens with one attached hydrogen (secondary N) is 2. The van der Waals surface area contributed by atoms with Crippen LogP contribution in [0.15, 0.2) is 47.8 Å². The van der Waals surface area contributed by atoms with Gasteiger partial charge in [0, 0.05) is 37.8 Å². The van der Waals surface area contributed by atoms with E-state index in [9.17, 15) is 13.2 Å². The number of ether oxygens (including phenoxy) is 1. The Kier molecular flexibility index (Phi) is 6.82. The van der Waals surface area contributed by atoms with Crippen molar-refractivity contribution < 1.29 is 17.9 Å². The van der Waals surface area contributed by atoms with E-state index in [4.69, 9.17) is 9.72 Å². The minimum Gasteiger partial charge on any atom is -0.372 e. The summed E-state index contributed by atoms with van der Waals surface area (Å²) in [4.78, 5) is 27.4. The molecule has 0 saturated carbocycles. The molecule has 2 aliphatic rings. The van der Waals surface area contributed by atoms with Crippen LogP contribution in [-0.4, -0.2) is 60.3 Å². The highest BCUT2D eigenvalue weighted by atomic mass is 32.2. The Morgan fingerprint density at radius 2 is 1.84 bits per heavy atom. The van der Waals surface area contributed by atoms with Crippen LogP contribution in [0.1, 0.15) is 32.8 Å². The molecule has 2 N–H and O–H groups in total. The van der Waals surface area contributed by atoms with Crippen LogP contribution in [0.3, 0.4) is 0 Å². The van der Waals surface area contributed by atoms with E-state index in [0.717, 1.165) is 24.3 Å². The fourth-order valence-electron chi connectivity index (χ4n) is 4.82. The van der Waals surface area contributed by atoms with Crippen molar-refractivity contribution in [3.8, 4) is 11.3 Å². The molecule has 5 rings (SSSR count). The van der Waals surface area contributed by atoms with Gasteiger partial charge in [-0.2, -0.15) is 0 Å². The number of sulfone groups is 1. The first kappa shape index (κ1) is 25.1. The van der Waals surface area contributed by atoms with Crippen molar-refractivity contribution in [2.75, 3.05) is 34.4 Å². The molecule has 1 fully saturated rings. The van der Waals surface area contributed by atoms with Crippen LogP contribution in [0.25, 0.3) is 11.3 Å². The minimum atomic E-state index is -3.41. The first-order valence-corrected chi connectivity index (χ1v) is 14.0.